The fraction of sp³-hybridized carbons (Fsp3) is 0.458. The largest absolute Gasteiger partial charge is 0.368 e. The van der Waals surface area contributed by atoms with Crippen LogP contribution in [0.5, 0.6) is 0 Å². The molecule has 0 saturated carbocycles. The second-order valence-electron chi connectivity index (χ2n) is 8.15. The molecule has 2 aliphatic heterocycles. The van der Waals surface area contributed by atoms with Crippen molar-refractivity contribution in [2.75, 3.05) is 18.9 Å². The summed E-state index contributed by atoms with van der Waals surface area (Å²) in [6.45, 7) is 4.50. The van der Waals surface area contributed by atoms with Crippen molar-refractivity contribution in [2.24, 2.45) is 0 Å². The Hall–Kier alpha value is -1.96. The van der Waals surface area contributed by atoms with E-state index in [1.165, 1.54) is 11.9 Å². The SMILES string of the molecule is CCSN[C@H]1[C@@H](F)CN(C(=O)C2CCO2)[C@H]1Cc1cccc(-c2cccc(C)c2)c1F. The highest BCUT2D eigenvalue weighted by atomic mass is 32.2. The fourth-order valence-electron chi connectivity index (χ4n) is 4.31. The number of hydrogen-bond acceptors (Lipinski definition) is 4. The van der Waals surface area contributed by atoms with Gasteiger partial charge in [0.25, 0.3) is 5.91 Å². The van der Waals surface area contributed by atoms with Crippen molar-refractivity contribution in [3.05, 3.63) is 59.4 Å². The Balaban J connectivity index is 1.63. The molecule has 2 fully saturated rings. The number of hydrogen-bond donors (Lipinski definition) is 1. The van der Waals surface area contributed by atoms with Crippen LogP contribution in [0.2, 0.25) is 0 Å². The highest BCUT2D eigenvalue weighted by Crippen LogP contribution is 2.32. The van der Waals surface area contributed by atoms with Crippen LogP contribution in [-0.4, -0.2) is 54.1 Å². The monoisotopic (exact) mass is 446 g/mol. The third-order valence-corrected chi connectivity index (χ3v) is 6.76. The van der Waals surface area contributed by atoms with Gasteiger partial charge < -0.3 is 9.64 Å². The zero-order chi connectivity index (χ0) is 22.0. The van der Waals surface area contributed by atoms with Gasteiger partial charge in [0.15, 0.2) is 0 Å². The van der Waals surface area contributed by atoms with E-state index in [2.05, 4.69) is 4.72 Å². The zero-order valence-electron chi connectivity index (χ0n) is 17.8. The lowest BCUT2D eigenvalue weighted by Crippen LogP contribution is -2.51. The molecule has 1 amide bonds. The predicted octanol–water partition coefficient (Wildman–Crippen LogP) is 4.31. The first-order chi connectivity index (χ1) is 15.0. The number of ether oxygens (including phenoxy) is 1. The van der Waals surface area contributed by atoms with Gasteiger partial charge in [-0.15, -0.1) is 0 Å². The molecule has 4 nitrogen and oxygen atoms in total. The van der Waals surface area contributed by atoms with Gasteiger partial charge in [-0.2, -0.15) is 0 Å². The van der Waals surface area contributed by atoms with Crippen LogP contribution in [0, 0.1) is 12.7 Å². The zero-order valence-corrected chi connectivity index (χ0v) is 18.6. The van der Waals surface area contributed by atoms with Crippen LogP contribution in [0.4, 0.5) is 8.78 Å². The van der Waals surface area contributed by atoms with E-state index in [0.717, 1.165) is 16.9 Å². The van der Waals surface area contributed by atoms with Crippen molar-refractivity contribution in [2.45, 2.75) is 51.0 Å². The van der Waals surface area contributed by atoms with E-state index in [1.54, 1.807) is 17.0 Å². The molecule has 2 aromatic rings. The number of likely N-dealkylation sites (tertiary alicyclic amines) is 1. The summed E-state index contributed by atoms with van der Waals surface area (Å²) in [5, 5.41) is 0. The Labute approximate surface area is 186 Å². The molecule has 1 unspecified atom stereocenters. The van der Waals surface area contributed by atoms with Crippen LogP contribution in [0.15, 0.2) is 42.5 Å². The summed E-state index contributed by atoms with van der Waals surface area (Å²) in [4.78, 5) is 14.5. The number of carbonyl (C=O) groups excluding carboxylic acids is 1. The first kappa shape index (κ1) is 22.2. The average molecular weight is 447 g/mol. The smallest absolute Gasteiger partial charge is 0.252 e. The summed E-state index contributed by atoms with van der Waals surface area (Å²) in [6, 6.07) is 12.0. The number of carbonyl (C=O) groups is 1. The molecule has 0 radical (unpaired) electrons. The second-order valence-corrected chi connectivity index (χ2v) is 9.25. The minimum Gasteiger partial charge on any atom is -0.368 e. The number of nitrogens with zero attached hydrogens (tertiary/aromatic N) is 1. The number of nitrogens with one attached hydrogen (secondary N) is 1. The molecule has 2 heterocycles. The van der Waals surface area contributed by atoms with Crippen molar-refractivity contribution >= 4 is 17.9 Å². The third kappa shape index (κ3) is 4.64. The van der Waals surface area contributed by atoms with Crippen LogP contribution in [0.25, 0.3) is 11.1 Å². The van der Waals surface area contributed by atoms with Crippen LogP contribution >= 0.6 is 11.9 Å². The summed E-state index contributed by atoms with van der Waals surface area (Å²) in [5.74, 6) is 0.261. The summed E-state index contributed by atoms with van der Waals surface area (Å²) in [5.41, 5.74) is 2.86. The van der Waals surface area contributed by atoms with Gasteiger partial charge in [0.1, 0.15) is 18.1 Å². The number of alkyl halides is 1. The molecular formula is C24H28F2N2O2S. The standard InChI is InChI=1S/C24H28F2N2O2S/c1-3-31-27-23-19(25)14-28(24(29)21-10-11-30-21)20(23)13-17-8-5-9-18(22(17)26)16-7-4-6-15(2)12-16/h4-9,12,19-21,23,27H,3,10-11,13-14H2,1-2H3/t19-,20-,21?,23-/m0/s1. The highest BCUT2D eigenvalue weighted by Gasteiger charge is 2.47. The minimum absolute atomic E-state index is 0.00446. The summed E-state index contributed by atoms with van der Waals surface area (Å²) >= 11 is 1.42. The van der Waals surface area contributed by atoms with Gasteiger partial charge in [0.2, 0.25) is 0 Å². The Kier molecular flexibility index (Phi) is 6.94. The van der Waals surface area contributed by atoms with Gasteiger partial charge in [-0.05, 0) is 24.5 Å². The Morgan fingerprint density at radius 2 is 2.06 bits per heavy atom. The van der Waals surface area contributed by atoms with Crippen molar-refractivity contribution in [1.82, 2.24) is 9.62 Å². The molecule has 4 rings (SSSR count). The van der Waals surface area contributed by atoms with Crippen LogP contribution in [0.1, 0.15) is 24.5 Å². The van der Waals surface area contributed by atoms with E-state index in [9.17, 15) is 9.18 Å². The molecule has 2 saturated heterocycles. The topological polar surface area (TPSA) is 41.6 Å². The highest BCUT2D eigenvalue weighted by molar-refractivity contribution is 7.97. The molecule has 31 heavy (non-hydrogen) atoms. The van der Waals surface area contributed by atoms with Gasteiger partial charge in [0, 0.05) is 17.7 Å². The van der Waals surface area contributed by atoms with Crippen LogP contribution in [0.3, 0.4) is 0 Å². The lowest BCUT2D eigenvalue weighted by Gasteiger charge is -2.34. The van der Waals surface area contributed by atoms with Crippen molar-refractivity contribution < 1.29 is 18.3 Å². The van der Waals surface area contributed by atoms with Crippen LogP contribution in [-0.2, 0) is 16.0 Å². The second kappa shape index (κ2) is 9.67. The first-order valence-electron chi connectivity index (χ1n) is 10.8. The van der Waals surface area contributed by atoms with Gasteiger partial charge >= 0.3 is 0 Å². The first-order valence-corrected chi connectivity index (χ1v) is 11.8. The van der Waals surface area contributed by atoms with Gasteiger partial charge in [-0.1, -0.05) is 66.9 Å². The molecule has 0 spiro atoms. The van der Waals surface area contributed by atoms with Gasteiger partial charge in [-0.25, -0.2) is 8.78 Å². The maximum absolute atomic E-state index is 15.5. The molecule has 0 bridgehead atoms. The molecule has 4 atom stereocenters. The predicted molar refractivity (Wildman–Crippen MR) is 120 cm³/mol. The molecule has 2 aromatic carbocycles. The Morgan fingerprint density at radius 1 is 1.29 bits per heavy atom. The number of rotatable bonds is 7. The van der Waals surface area contributed by atoms with Crippen molar-refractivity contribution in [3.63, 3.8) is 0 Å². The fourth-order valence-corrected chi connectivity index (χ4v) is 4.97. The van der Waals surface area contributed by atoms with Gasteiger partial charge in [0.05, 0.1) is 25.2 Å². The minimum atomic E-state index is -1.21. The lowest BCUT2D eigenvalue weighted by atomic mass is 9.95. The Bertz CT molecular complexity index is 938. The van der Waals surface area contributed by atoms with E-state index in [0.29, 0.717) is 24.2 Å². The quantitative estimate of drug-likeness (QED) is 0.644. The maximum atomic E-state index is 15.5. The molecule has 0 aromatic heterocycles. The summed E-state index contributed by atoms with van der Waals surface area (Å²) < 4.78 is 39.0. The molecule has 7 heteroatoms. The maximum Gasteiger partial charge on any atom is 0.252 e. The molecule has 166 valence electrons. The number of benzene rings is 2. The van der Waals surface area contributed by atoms with E-state index in [-0.39, 0.29) is 24.7 Å². The van der Waals surface area contributed by atoms with Crippen molar-refractivity contribution in [3.8, 4) is 11.1 Å². The number of aryl methyl sites for hydroxylation is 1. The van der Waals surface area contributed by atoms with Crippen molar-refractivity contribution in [1.29, 1.82) is 0 Å². The van der Waals surface area contributed by atoms with Crippen LogP contribution < -0.4 is 4.72 Å². The number of amides is 1. The summed E-state index contributed by atoms with van der Waals surface area (Å²) in [7, 11) is 0. The summed E-state index contributed by atoms with van der Waals surface area (Å²) in [6.07, 6.45) is -0.823. The molecule has 0 aliphatic carbocycles. The van der Waals surface area contributed by atoms with E-state index >= 15 is 4.39 Å². The molecular weight excluding hydrogens is 418 g/mol. The average Bonchev–Trinajstić information content (AvgIpc) is 3.02. The Morgan fingerprint density at radius 3 is 2.74 bits per heavy atom. The molecule has 2 aliphatic rings. The normalized spacial score (nSPS) is 25.5. The van der Waals surface area contributed by atoms with E-state index in [4.69, 9.17) is 4.74 Å². The van der Waals surface area contributed by atoms with E-state index in [1.807, 2.05) is 44.2 Å². The van der Waals surface area contributed by atoms with Gasteiger partial charge in [-0.3, -0.25) is 9.52 Å². The number of halogens is 2. The third-order valence-electron chi connectivity index (χ3n) is 6.03. The lowest BCUT2D eigenvalue weighted by molar-refractivity contribution is -0.157. The van der Waals surface area contributed by atoms with E-state index < -0.39 is 24.4 Å². The molecule has 1 N–H and O–H groups in total.